The Hall–Kier alpha value is 1.22. The molecule has 0 heterocycles. The maximum absolute atomic E-state index is 4.90. The van der Waals surface area contributed by atoms with Gasteiger partial charge in [0.15, 0.2) is 0 Å². The van der Waals surface area contributed by atoms with Gasteiger partial charge in [-0.25, -0.2) is 0 Å². The average Bonchev–Trinajstić information content (AvgIpc) is 1.41. The predicted octanol–water partition coefficient (Wildman–Crippen LogP) is 0.992. The molecule has 0 N–H and O–H groups in total. The maximum Gasteiger partial charge on any atom is 0.524 e. The molecule has 0 bridgehead atoms. The van der Waals surface area contributed by atoms with E-state index in [9.17, 15) is 0 Å². The molecular weight excluding hydrogens is 194 g/mol. The van der Waals surface area contributed by atoms with Crippen LogP contribution in [0.15, 0.2) is 0 Å². The summed E-state index contributed by atoms with van der Waals surface area (Å²) in [5, 5.41) is 0. The Balaban J connectivity index is 2.19. The quantitative estimate of drug-likeness (QED) is 0.476. The van der Waals surface area contributed by atoms with Gasteiger partial charge in [-0.1, -0.05) is 0 Å². The Kier molecular flexibility index (Phi) is 6.50. The van der Waals surface area contributed by atoms with E-state index in [-0.39, 0.29) is 12.3 Å². The molecule has 0 spiro atoms. The Morgan fingerprint density at radius 3 is 2.60 bits per heavy atom. The summed E-state index contributed by atoms with van der Waals surface area (Å²) in [6, 6.07) is 0. The molecule has 1 nitrogen and oxygen atoms in total. The summed E-state index contributed by atoms with van der Waals surface area (Å²) in [7, 11) is 0. The largest absolute Gasteiger partial charge is 0.524 e. The fourth-order valence-corrected chi connectivity index (χ4v) is 1.27. The molecule has 3 heteroatoms. The van der Waals surface area contributed by atoms with E-state index in [2.05, 4.69) is 20.3 Å². The van der Waals surface area contributed by atoms with Crippen LogP contribution in [0.25, 0.3) is 0 Å². The van der Waals surface area contributed by atoms with Crippen molar-refractivity contribution in [3.8, 4) is 0 Å². The molecule has 5 heavy (non-hydrogen) atoms. The molecule has 0 saturated carbocycles. The van der Waals surface area contributed by atoms with Crippen molar-refractivity contribution in [3.05, 3.63) is 0 Å². The number of hydrogen-bond donors (Lipinski definition) is 0. The van der Waals surface area contributed by atoms with Crippen LogP contribution in [0.1, 0.15) is 6.92 Å². The first-order valence-electron chi connectivity index (χ1n) is 1.45. The predicted molar refractivity (Wildman–Crippen MR) is 31.4 cm³/mol. The van der Waals surface area contributed by atoms with Gasteiger partial charge in [0.05, 0.1) is 0 Å². The van der Waals surface area contributed by atoms with E-state index < -0.39 is 0 Å². The molecule has 0 aromatic rings. The summed E-state index contributed by atoms with van der Waals surface area (Å²) in [5.74, 6) is 0. The molecule has 1 radical (unpaired) electrons. The molecule has 29 valence electrons. The fraction of sp³-hybridized carbons (Fsp3) is 1.00. The highest BCUT2D eigenvalue weighted by molar-refractivity contribution is 14.1. The van der Waals surface area contributed by atoms with E-state index in [1.54, 1.807) is 0 Å². The standard InChI is InChI=1S/C2H5O.Al.HI/c1-2-3;;/h2H2,1H3;;1H/q-1;+2;/p-1. The van der Waals surface area contributed by atoms with Crippen molar-refractivity contribution in [2.45, 2.75) is 6.92 Å². The molecule has 0 aliphatic heterocycles. The first kappa shape index (κ1) is 6.22. The van der Waals surface area contributed by atoms with Crippen molar-refractivity contribution < 1.29 is 3.79 Å². The van der Waals surface area contributed by atoms with Crippen LogP contribution in [0.3, 0.4) is 0 Å². The van der Waals surface area contributed by atoms with Gasteiger partial charge in [-0.2, -0.15) is 20.3 Å². The number of halogens is 1. The average molecular weight is 199 g/mol. The van der Waals surface area contributed by atoms with Crippen LogP contribution in [-0.4, -0.2) is 18.9 Å². The van der Waals surface area contributed by atoms with Gasteiger partial charge in [-0.15, -0.1) is 0 Å². The minimum Gasteiger partial charge on any atom is -0.499 e. The van der Waals surface area contributed by atoms with Crippen LogP contribution >= 0.6 is 20.3 Å². The van der Waals surface area contributed by atoms with Gasteiger partial charge in [-0.05, 0) is 6.92 Å². The van der Waals surface area contributed by atoms with E-state index in [1.807, 2.05) is 6.92 Å². The topological polar surface area (TPSA) is 9.23 Å². The second-order valence-corrected chi connectivity index (χ2v) is 2.58. The van der Waals surface area contributed by atoms with Crippen LogP contribution in [0.4, 0.5) is 0 Å². The van der Waals surface area contributed by atoms with Crippen molar-refractivity contribution in [2.24, 2.45) is 0 Å². The van der Waals surface area contributed by atoms with Crippen molar-refractivity contribution in [1.82, 2.24) is 0 Å². The van der Waals surface area contributed by atoms with Gasteiger partial charge in [0.25, 0.3) is 0 Å². The van der Waals surface area contributed by atoms with E-state index in [0.717, 1.165) is 6.61 Å². The van der Waals surface area contributed by atoms with E-state index in [1.165, 1.54) is 0 Å². The molecule has 0 aromatic heterocycles. The summed E-state index contributed by atoms with van der Waals surface area (Å²) < 4.78 is 4.90. The summed E-state index contributed by atoms with van der Waals surface area (Å²) >= 11 is 2.50. The third-order valence-electron chi connectivity index (χ3n) is 0.230. The van der Waals surface area contributed by atoms with Crippen molar-refractivity contribution in [2.75, 3.05) is 6.61 Å². The Labute approximate surface area is 49.8 Å². The minimum atomic E-state index is 0.256. The zero-order chi connectivity index (χ0) is 4.12. The van der Waals surface area contributed by atoms with Crippen LogP contribution in [-0.2, 0) is 3.79 Å². The van der Waals surface area contributed by atoms with Crippen molar-refractivity contribution >= 4 is 32.5 Å². The van der Waals surface area contributed by atoms with E-state index in [4.69, 9.17) is 3.79 Å². The molecular formula is C2H5AlIO. The third kappa shape index (κ3) is 5.22. The summed E-state index contributed by atoms with van der Waals surface area (Å²) in [4.78, 5) is 0. The highest BCUT2D eigenvalue weighted by atomic mass is 127. The van der Waals surface area contributed by atoms with Crippen LogP contribution in [0.2, 0.25) is 0 Å². The highest BCUT2D eigenvalue weighted by Gasteiger charge is 1.75. The molecule has 0 rings (SSSR count). The van der Waals surface area contributed by atoms with Crippen LogP contribution in [0, 0.1) is 0 Å². The summed E-state index contributed by atoms with van der Waals surface area (Å²) in [6.45, 7) is 2.88. The number of hydrogen-bond acceptors (Lipinski definition) is 1. The SMILES string of the molecule is CC[O][Al][I]. The lowest BCUT2D eigenvalue weighted by molar-refractivity contribution is 0.374. The Bertz CT molecular complexity index is 17.1. The van der Waals surface area contributed by atoms with Gasteiger partial charge in [0.1, 0.15) is 0 Å². The number of rotatable bonds is 2. The molecule has 0 atom stereocenters. The van der Waals surface area contributed by atoms with E-state index >= 15 is 0 Å². The van der Waals surface area contributed by atoms with Gasteiger partial charge in [-0.3, -0.25) is 0 Å². The molecule has 0 saturated heterocycles. The van der Waals surface area contributed by atoms with Crippen molar-refractivity contribution in [1.29, 1.82) is 0 Å². The summed E-state index contributed by atoms with van der Waals surface area (Å²) in [5.41, 5.74) is 0. The first-order chi connectivity index (χ1) is 2.41. The second kappa shape index (κ2) is 5.22. The summed E-state index contributed by atoms with van der Waals surface area (Å²) in [6.07, 6.45) is 0. The van der Waals surface area contributed by atoms with Crippen LogP contribution in [0.5, 0.6) is 0 Å². The molecule has 0 unspecified atom stereocenters. The molecule has 0 fully saturated rings. The minimum absolute atomic E-state index is 0.256. The second-order valence-electron chi connectivity index (χ2n) is 0.544. The first-order valence-corrected chi connectivity index (χ1v) is 6.09. The lowest BCUT2D eigenvalue weighted by atomic mass is 10.9. The lowest BCUT2D eigenvalue weighted by Gasteiger charge is -1.84. The Morgan fingerprint density at radius 2 is 2.60 bits per heavy atom. The zero-order valence-corrected chi connectivity index (χ0v) is 6.38. The zero-order valence-electron chi connectivity index (χ0n) is 3.07. The normalized spacial score (nSPS) is 7.60. The van der Waals surface area contributed by atoms with E-state index in [0.29, 0.717) is 0 Å². The monoisotopic (exact) mass is 199 g/mol. The fourth-order valence-electron chi connectivity index (χ4n) is 0.0630. The lowest BCUT2D eigenvalue weighted by Crippen LogP contribution is -1.85. The van der Waals surface area contributed by atoms with Crippen molar-refractivity contribution in [3.63, 3.8) is 0 Å². The van der Waals surface area contributed by atoms with Gasteiger partial charge in [0, 0.05) is 6.61 Å². The Morgan fingerprint density at radius 1 is 2.00 bits per heavy atom. The highest BCUT2D eigenvalue weighted by Crippen LogP contribution is 1.74. The maximum atomic E-state index is 4.90. The van der Waals surface area contributed by atoms with Crippen LogP contribution < -0.4 is 0 Å². The molecule has 0 amide bonds. The smallest absolute Gasteiger partial charge is 0.499 e. The molecule has 0 aliphatic rings. The molecule has 0 aliphatic carbocycles. The van der Waals surface area contributed by atoms with Gasteiger partial charge < -0.3 is 3.79 Å². The van der Waals surface area contributed by atoms with Gasteiger partial charge >= 0.3 is 12.3 Å². The molecule has 0 aromatic carbocycles. The van der Waals surface area contributed by atoms with Gasteiger partial charge in [0.2, 0.25) is 0 Å². The third-order valence-corrected chi connectivity index (χ3v) is 1.77.